The smallest absolute Gasteiger partial charge is 0.212 e. The Morgan fingerprint density at radius 3 is 2.30 bits per heavy atom. The number of oxime groups is 1. The van der Waals surface area contributed by atoms with Crippen molar-refractivity contribution in [2.24, 2.45) is 5.16 Å². The quantitative estimate of drug-likeness (QED) is 0.199. The third kappa shape index (κ3) is 7.31. The van der Waals surface area contributed by atoms with Crippen LogP contribution in [0.5, 0.6) is 0 Å². The predicted molar refractivity (Wildman–Crippen MR) is 135 cm³/mol. The summed E-state index contributed by atoms with van der Waals surface area (Å²) in [4.78, 5) is 27.1. The summed E-state index contributed by atoms with van der Waals surface area (Å²) in [6.45, 7) is 5.28. The van der Waals surface area contributed by atoms with Crippen LogP contribution in [0.1, 0.15) is 56.4 Å². The molecule has 0 atom stereocenters. The lowest BCUT2D eigenvalue weighted by molar-refractivity contribution is -0.108. The lowest BCUT2D eigenvalue weighted by atomic mass is 9.99. The Kier molecular flexibility index (Phi) is 12.2. The third-order valence-corrected chi connectivity index (χ3v) is 5.50. The van der Waals surface area contributed by atoms with E-state index in [1.165, 1.54) is 26.4 Å². The van der Waals surface area contributed by atoms with Gasteiger partial charge in [0.2, 0.25) is 6.41 Å². The van der Waals surface area contributed by atoms with Crippen molar-refractivity contribution in [3.05, 3.63) is 36.0 Å². The van der Waals surface area contributed by atoms with Gasteiger partial charge in [-0.2, -0.15) is 12.6 Å². The number of amides is 1. The van der Waals surface area contributed by atoms with Crippen LogP contribution in [0, 0.1) is 0 Å². The number of hydrogen-bond donors (Lipinski definition) is 3. The van der Waals surface area contributed by atoms with E-state index in [0.717, 1.165) is 43.7 Å². The van der Waals surface area contributed by atoms with Crippen molar-refractivity contribution in [1.29, 1.82) is 0 Å². The van der Waals surface area contributed by atoms with Gasteiger partial charge < -0.3 is 24.6 Å². The van der Waals surface area contributed by atoms with Gasteiger partial charge in [-0.1, -0.05) is 23.4 Å². The molecule has 1 aromatic heterocycles. The Balaban J connectivity index is 0.000000380. The molecule has 0 radical (unpaired) electrons. The number of fused-ring (bicyclic) bond motifs is 1. The number of nitrogens with one attached hydrogen (secondary N) is 1. The van der Waals surface area contributed by atoms with Crippen molar-refractivity contribution in [3.63, 3.8) is 0 Å². The molecular weight excluding hydrogens is 442 g/mol. The fourth-order valence-corrected chi connectivity index (χ4v) is 3.89. The van der Waals surface area contributed by atoms with Crippen LogP contribution in [0.3, 0.4) is 0 Å². The van der Waals surface area contributed by atoms with Crippen LogP contribution < -0.4 is 5.32 Å². The highest BCUT2D eigenvalue weighted by Crippen LogP contribution is 2.47. The maximum atomic E-state index is 11.4. The van der Waals surface area contributed by atoms with E-state index < -0.39 is 5.54 Å². The minimum absolute atomic E-state index is 0.179. The zero-order valence-corrected chi connectivity index (χ0v) is 21.1. The minimum Gasteiger partial charge on any atom is -0.400 e. The summed E-state index contributed by atoms with van der Waals surface area (Å²) < 4.78 is 7.40. The molecule has 1 aliphatic carbocycles. The first-order valence-electron chi connectivity index (χ1n) is 10.9. The number of aliphatic hydroxyl groups is 1. The number of aromatic nitrogens is 1. The molecular formula is C24H37N3O5S. The van der Waals surface area contributed by atoms with Crippen LogP contribution in [-0.4, -0.2) is 60.9 Å². The molecule has 4 rings (SSSR count). The number of benzene rings is 1. The maximum absolute atomic E-state index is 11.4. The van der Waals surface area contributed by atoms with E-state index in [1.807, 2.05) is 34.9 Å². The SMILES string of the molecule is CC1(C)CCCCO1.CO.CO/N=C(\NC=O)C1(n2c(C=O)cc3ccccc32)CC1.CS. The zero-order chi connectivity index (χ0) is 24.9. The molecule has 33 heavy (non-hydrogen) atoms. The molecule has 1 saturated heterocycles. The van der Waals surface area contributed by atoms with E-state index in [9.17, 15) is 9.59 Å². The Bertz CT molecular complexity index is 899. The molecule has 2 aromatic rings. The summed E-state index contributed by atoms with van der Waals surface area (Å²) >= 11 is 3.53. The second-order valence-corrected chi connectivity index (χ2v) is 8.06. The summed E-state index contributed by atoms with van der Waals surface area (Å²) in [7, 11) is 2.43. The number of aldehydes is 1. The number of aliphatic hydroxyl groups excluding tert-OH is 1. The van der Waals surface area contributed by atoms with Gasteiger partial charge in [-0.15, -0.1) is 0 Å². The summed E-state index contributed by atoms with van der Waals surface area (Å²) in [6, 6.07) is 9.59. The number of carbonyl (C=O) groups excluding carboxylic acids is 2. The van der Waals surface area contributed by atoms with Gasteiger partial charge in [0.1, 0.15) is 12.6 Å². The number of amidine groups is 1. The molecule has 2 fully saturated rings. The fraction of sp³-hybridized carbons (Fsp3) is 0.542. The third-order valence-electron chi connectivity index (χ3n) is 5.50. The van der Waals surface area contributed by atoms with E-state index in [0.29, 0.717) is 17.9 Å². The molecule has 2 heterocycles. The van der Waals surface area contributed by atoms with Crippen LogP contribution in [0.25, 0.3) is 10.9 Å². The van der Waals surface area contributed by atoms with Gasteiger partial charge in [-0.3, -0.25) is 9.59 Å². The van der Waals surface area contributed by atoms with Gasteiger partial charge >= 0.3 is 0 Å². The fourth-order valence-electron chi connectivity index (χ4n) is 3.89. The van der Waals surface area contributed by atoms with Crippen molar-refractivity contribution in [1.82, 2.24) is 9.88 Å². The molecule has 8 nitrogen and oxygen atoms in total. The highest BCUT2D eigenvalue weighted by atomic mass is 32.1. The number of ether oxygens (including phenoxy) is 1. The van der Waals surface area contributed by atoms with Gasteiger partial charge in [0.05, 0.1) is 11.3 Å². The lowest BCUT2D eigenvalue weighted by Gasteiger charge is -2.29. The average molecular weight is 480 g/mol. The van der Waals surface area contributed by atoms with E-state index in [1.54, 1.807) is 6.26 Å². The number of para-hydroxylation sites is 1. The van der Waals surface area contributed by atoms with Crippen LogP contribution >= 0.6 is 12.6 Å². The average Bonchev–Trinajstić information content (AvgIpc) is 3.55. The van der Waals surface area contributed by atoms with Crippen LogP contribution in [-0.2, 0) is 19.9 Å². The Labute approximate surface area is 201 Å². The first-order chi connectivity index (χ1) is 16.0. The normalized spacial score (nSPS) is 17.6. The van der Waals surface area contributed by atoms with Crippen molar-refractivity contribution in [2.45, 2.75) is 57.1 Å². The second-order valence-electron chi connectivity index (χ2n) is 8.06. The molecule has 2 aliphatic rings. The summed E-state index contributed by atoms with van der Waals surface area (Å²) in [5.74, 6) is 0.421. The van der Waals surface area contributed by atoms with Crippen LogP contribution in [0.2, 0.25) is 0 Å². The van der Waals surface area contributed by atoms with Gasteiger partial charge in [0.25, 0.3) is 0 Å². The van der Waals surface area contributed by atoms with Crippen molar-refractivity contribution >= 4 is 42.1 Å². The van der Waals surface area contributed by atoms with Crippen molar-refractivity contribution in [2.75, 3.05) is 27.1 Å². The Morgan fingerprint density at radius 2 is 1.85 bits per heavy atom. The number of rotatable bonds is 5. The molecule has 1 aromatic carbocycles. The van der Waals surface area contributed by atoms with Crippen LogP contribution in [0.4, 0.5) is 0 Å². The van der Waals surface area contributed by atoms with Gasteiger partial charge in [0.15, 0.2) is 12.1 Å². The maximum Gasteiger partial charge on any atom is 0.212 e. The molecule has 9 heteroatoms. The topological polar surface area (TPSA) is 102 Å². The predicted octanol–water partition coefficient (Wildman–Crippen LogP) is 3.77. The molecule has 0 unspecified atom stereocenters. The van der Waals surface area contributed by atoms with E-state index in [-0.39, 0.29) is 5.60 Å². The highest BCUT2D eigenvalue weighted by Gasteiger charge is 2.52. The van der Waals surface area contributed by atoms with E-state index in [4.69, 9.17) is 14.7 Å². The second kappa shape index (κ2) is 14.0. The molecule has 1 aliphatic heterocycles. The summed E-state index contributed by atoms with van der Waals surface area (Å²) in [5, 5.41) is 14.5. The van der Waals surface area contributed by atoms with Gasteiger partial charge in [-0.05, 0) is 64.3 Å². The number of nitrogens with zero attached hydrogens (tertiary/aromatic N) is 2. The first kappa shape index (κ1) is 28.7. The Morgan fingerprint density at radius 1 is 1.18 bits per heavy atom. The summed E-state index contributed by atoms with van der Waals surface area (Å²) in [6.07, 6.45) is 8.49. The summed E-state index contributed by atoms with van der Waals surface area (Å²) in [5.41, 5.74) is 1.16. The van der Waals surface area contributed by atoms with E-state index >= 15 is 0 Å². The minimum atomic E-state index is -0.518. The van der Waals surface area contributed by atoms with Crippen molar-refractivity contribution < 1.29 is 24.3 Å². The monoisotopic (exact) mass is 479 g/mol. The Hall–Kier alpha value is -2.36. The lowest BCUT2D eigenvalue weighted by Crippen LogP contribution is -2.39. The number of carbonyl (C=O) groups is 2. The molecule has 1 saturated carbocycles. The number of hydrogen-bond acceptors (Lipinski definition) is 7. The van der Waals surface area contributed by atoms with Crippen LogP contribution in [0.15, 0.2) is 35.5 Å². The molecule has 2 N–H and O–H groups in total. The number of thiol groups is 1. The molecule has 0 bridgehead atoms. The standard InChI is InChI=1S/C15H15N3O3.C7H14O.CH4O.CH4S/c1-21-17-14(16-10-20)15(6-7-15)18-12(9-19)8-11-4-2-3-5-13(11)18;1-7(2)5-3-4-6-8-7;2*1-2/h2-5,8-10H,6-7H2,1H3,(H,16,17,20);3-6H2,1-2H3;2*2H,1H3. The molecule has 0 spiro atoms. The van der Waals surface area contributed by atoms with Gasteiger partial charge in [-0.25, -0.2) is 0 Å². The van der Waals surface area contributed by atoms with E-state index in [2.05, 4.69) is 36.9 Å². The first-order valence-corrected chi connectivity index (χ1v) is 11.8. The van der Waals surface area contributed by atoms with Gasteiger partial charge in [0, 0.05) is 24.6 Å². The molecule has 1 amide bonds. The zero-order valence-electron chi connectivity index (χ0n) is 20.2. The van der Waals surface area contributed by atoms with Crippen molar-refractivity contribution in [3.8, 4) is 0 Å². The highest BCUT2D eigenvalue weighted by molar-refractivity contribution is 7.79. The molecule has 184 valence electrons. The largest absolute Gasteiger partial charge is 0.400 e.